The van der Waals surface area contributed by atoms with Gasteiger partial charge in [0.1, 0.15) is 5.75 Å². The Morgan fingerprint density at radius 1 is 1.38 bits per heavy atom. The van der Waals surface area contributed by atoms with E-state index in [9.17, 15) is 5.11 Å². The second kappa shape index (κ2) is 8.35. The molecule has 6 heteroatoms. The van der Waals surface area contributed by atoms with Crippen LogP contribution in [0.4, 0.5) is 0 Å². The van der Waals surface area contributed by atoms with Crippen LogP contribution in [0.1, 0.15) is 24.5 Å². The number of ether oxygens (including phenoxy) is 1. The van der Waals surface area contributed by atoms with E-state index in [0.717, 1.165) is 41.7 Å². The minimum atomic E-state index is -0.504. The second-order valence-corrected chi connectivity index (χ2v) is 6.97. The third-order valence-electron chi connectivity index (χ3n) is 5.82. The molecule has 2 aromatic rings. The van der Waals surface area contributed by atoms with Gasteiger partial charge in [0.15, 0.2) is 0 Å². The number of aliphatic hydroxyl groups excluding tert-OH is 1. The summed E-state index contributed by atoms with van der Waals surface area (Å²) in [6, 6.07) is 7.96. The quantitative estimate of drug-likeness (QED) is 0.830. The molecule has 5 atom stereocenters. The summed E-state index contributed by atoms with van der Waals surface area (Å²) in [5, 5.41) is 12.1. The van der Waals surface area contributed by atoms with Crippen LogP contribution in [0.15, 0.2) is 43.1 Å². The molecule has 0 spiro atoms. The van der Waals surface area contributed by atoms with Crippen molar-refractivity contribution in [1.82, 2.24) is 9.88 Å². The van der Waals surface area contributed by atoms with Crippen molar-refractivity contribution in [2.24, 2.45) is 11.8 Å². The monoisotopic (exact) mass is 378 g/mol. The van der Waals surface area contributed by atoms with Crippen molar-refractivity contribution in [1.29, 1.82) is 0 Å². The van der Waals surface area contributed by atoms with Crippen molar-refractivity contribution in [3.05, 3.63) is 48.7 Å². The number of methoxy groups -OCH3 is 1. The molecule has 26 heavy (non-hydrogen) atoms. The van der Waals surface area contributed by atoms with Gasteiger partial charge in [-0.05, 0) is 61.1 Å². The summed E-state index contributed by atoms with van der Waals surface area (Å²) in [6.07, 6.45) is 5.62. The Hall–Kier alpha value is -1.66. The maximum atomic E-state index is 11.2. The van der Waals surface area contributed by atoms with E-state index in [-0.39, 0.29) is 23.9 Å². The van der Waals surface area contributed by atoms with Crippen LogP contribution in [0.2, 0.25) is 0 Å². The highest BCUT2D eigenvalue weighted by atomic mass is 35.5. The van der Waals surface area contributed by atoms with Crippen LogP contribution >= 0.6 is 12.4 Å². The molecule has 3 aliphatic rings. The van der Waals surface area contributed by atoms with Crippen LogP contribution in [0, 0.1) is 11.8 Å². The first kappa shape index (κ1) is 20.6. The topological polar surface area (TPSA) is 77.1 Å². The van der Waals surface area contributed by atoms with E-state index in [4.69, 9.17) is 4.74 Å². The number of nitrogens with zero attached hydrogens (tertiary/aromatic N) is 2. The summed E-state index contributed by atoms with van der Waals surface area (Å²) < 4.78 is 5.35. The molecule has 0 amide bonds. The second-order valence-electron chi connectivity index (χ2n) is 6.97. The number of pyridine rings is 1. The Bertz CT molecular complexity index is 770. The summed E-state index contributed by atoms with van der Waals surface area (Å²) >= 11 is 0. The van der Waals surface area contributed by atoms with Crippen LogP contribution < -0.4 is 4.74 Å². The smallest absolute Gasteiger partial charge is 0.119 e. The molecule has 4 heterocycles. The van der Waals surface area contributed by atoms with Crippen LogP contribution in [0.5, 0.6) is 5.75 Å². The first-order valence-electron chi connectivity index (χ1n) is 8.68. The zero-order valence-corrected chi connectivity index (χ0v) is 15.8. The van der Waals surface area contributed by atoms with Gasteiger partial charge >= 0.3 is 0 Å². The molecule has 3 aliphatic heterocycles. The highest BCUT2D eigenvalue weighted by Gasteiger charge is 2.42. The van der Waals surface area contributed by atoms with E-state index in [1.807, 2.05) is 24.3 Å². The molecular formula is C20H27ClN2O3. The summed E-state index contributed by atoms with van der Waals surface area (Å²) in [5.74, 6) is 2.01. The van der Waals surface area contributed by atoms with E-state index >= 15 is 0 Å². The molecule has 1 aromatic heterocycles. The van der Waals surface area contributed by atoms with E-state index in [1.54, 1.807) is 13.3 Å². The summed E-state index contributed by atoms with van der Waals surface area (Å²) in [4.78, 5) is 6.86. The number of halogens is 1. The van der Waals surface area contributed by atoms with Gasteiger partial charge in [-0.15, -0.1) is 19.0 Å². The highest BCUT2D eigenvalue weighted by molar-refractivity contribution is 5.85. The Labute approximate surface area is 160 Å². The van der Waals surface area contributed by atoms with Gasteiger partial charge in [-0.25, -0.2) is 0 Å². The van der Waals surface area contributed by atoms with Crippen LogP contribution in [0.25, 0.3) is 10.9 Å². The Morgan fingerprint density at radius 3 is 2.85 bits per heavy atom. The third-order valence-corrected chi connectivity index (χ3v) is 5.82. The lowest BCUT2D eigenvalue weighted by atomic mass is 9.73. The normalized spacial score (nSPS) is 27.9. The highest BCUT2D eigenvalue weighted by Crippen LogP contribution is 2.42. The lowest BCUT2D eigenvalue weighted by Gasteiger charge is -2.50. The zero-order valence-electron chi connectivity index (χ0n) is 15.0. The predicted molar refractivity (Wildman–Crippen MR) is 106 cm³/mol. The number of hydrogen-bond donors (Lipinski definition) is 1. The van der Waals surface area contributed by atoms with Gasteiger partial charge in [0, 0.05) is 24.2 Å². The van der Waals surface area contributed by atoms with Gasteiger partial charge in [-0.2, -0.15) is 0 Å². The summed E-state index contributed by atoms with van der Waals surface area (Å²) in [5.41, 5.74) is 1.85. The Morgan fingerprint density at radius 2 is 2.19 bits per heavy atom. The fourth-order valence-corrected chi connectivity index (χ4v) is 4.44. The van der Waals surface area contributed by atoms with Crippen LogP contribution in [-0.2, 0) is 0 Å². The van der Waals surface area contributed by atoms with Gasteiger partial charge in [-0.3, -0.25) is 9.88 Å². The van der Waals surface area contributed by atoms with Crippen molar-refractivity contribution < 1.29 is 15.3 Å². The number of fused-ring (bicyclic) bond motifs is 4. The zero-order chi connectivity index (χ0) is 16.7. The average molecular weight is 379 g/mol. The van der Waals surface area contributed by atoms with Crippen molar-refractivity contribution >= 4 is 23.3 Å². The van der Waals surface area contributed by atoms with E-state index in [0.29, 0.717) is 11.8 Å². The minimum absolute atomic E-state index is 0. The molecular weight excluding hydrogens is 352 g/mol. The molecule has 2 bridgehead atoms. The van der Waals surface area contributed by atoms with Gasteiger partial charge in [0.25, 0.3) is 0 Å². The number of hydrogen-bond acceptors (Lipinski definition) is 4. The number of benzene rings is 1. The first-order chi connectivity index (χ1) is 11.7. The van der Waals surface area contributed by atoms with Crippen molar-refractivity contribution in [3.63, 3.8) is 0 Å². The molecule has 0 radical (unpaired) electrons. The number of aliphatic hydroxyl groups is 1. The standard InChI is InChI=1S/C20H24N2O2.ClH.H2O/c1-3-13-12-22-9-7-14(13)10-19(22)20(23)16-6-8-21-18-5-4-15(24-2)11-17(16)18;;/h3-6,8,11,13-14,19-20,23H,1,7,9-10,12H2,2H3;1H;1H2/t13-,14+,19+,20+;;/m0../s1. The number of rotatable bonds is 4. The van der Waals surface area contributed by atoms with Gasteiger partial charge in [0.05, 0.1) is 18.7 Å². The fraction of sp³-hybridized carbons (Fsp3) is 0.450. The summed E-state index contributed by atoms with van der Waals surface area (Å²) in [7, 11) is 1.66. The van der Waals surface area contributed by atoms with Crippen molar-refractivity contribution in [2.45, 2.75) is 25.0 Å². The van der Waals surface area contributed by atoms with Crippen LogP contribution in [0.3, 0.4) is 0 Å². The molecule has 0 saturated carbocycles. The van der Waals surface area contributed by atoms with Gasteiger partial charge in [-0.1, -0.05) is 6.08 Å². The van der Waals surface area contributed by atoms with Crippen LogP contribution in [-0.4, -0.2) is 46.7 Å². The lowest BCUT2D eigenvalue weighted by molar-refractivity contribution is -0.0444. The molecule has 0 aliphatic carbocycles. The van der Waals surface area contributed by atoms with Gasteiger partial charge in [0.2, 0.25) is 0 Å². The fourth-order valence-electron chi connectivity index (χ4n) is 4.44. The molecule has 5 nitrogen and oxygen atoms in total. The first-order valence-corrected chi connectivity index (χ1v) is 8.68. The molecule has 142 valence electrons. The molecule has 1 aromatic carbocycles. The largest absolute Gasteiger partial charge is 0.497 e. The lowest BCUT2D eigenvalue weighted by Crippen LogP contribution is -2.54. The average Bonchev–Trinajstić information content (AvgIpc) is 2.66. The predicted octanol–water partition coefficient (Wildman–Crippen LogP) is 2.77. The number of aromatic nitrogens is 1. The molecule has 3 saturated heterocycles. The van der Waals surface area contributed by atoms with Crippen molar-refractivity contribution in [2.75, 3.05) is 20.2 Å². The SMILES string of the molecule is C=C[C@H]1CN2CC[C@@H]1C[C@@H]2[C@H](O)c1ccnc2ccc(OC)cc12.Cl.O. The molecule has 3 N–H and O–H groups in total. The maximum Gasteiger partial charge on any atom is 0.119 e. The summed E-state index contributed by atoms with van der Waals surface area (Å²) in [6.45, 7) is 6.07. The van der Waals surface area contributed by atoms with Gasteiger partial charge < -0.3 is 15.3 Å². The minimum Gasteiger partial charge on any atom is -0.497 e. The Kier molecular flexibility index (Phi) is 6.64. The van der Waals surface area contributed by atoms with Crippen molar-refractivity contribution in [3.8, 4) is 5.75 Å². The number of piperidine rings is 3. The maximum absolute atomic E-state index is 11.2. The van der Waals surface area contributed by atoms with E-state index in [2.05, 4.69) is 22.5 Å². The molecule has 1 unspecified atom stereocenters. The molecule has 3 fully saturated rings. The Balaban J connectivity index is 0.00000121. The van der Waals surface area contributed by atoms with E-state index < -0.39 is 6.10 Å². The van der Waals surface area contributed by atoms with E-state index in [1.165, 1.54) is 6.42 Å². The molecule has 5 rings (SSSR count). The third kappa shape index (κ3) is 3.45.